The molecule has 0 aliphatic carbocycles. The third kappa shape index (κ3) is 1.87. The zero-order chi connectivity index (χ0) is 16.2. The zero-order valence-electron chi connectivity index (χ0n) is 11.6. The number of nitrogens with two attached hydrogens (primary N) is 1. The summed E-state index contributed by atoms with van der Waals surface area (Å²) in [7, 11) is 0. The number of fused-ring (bicyclic) bond motifs is 1. The second kappa shape index (κ2) is 4.92. The van der Waals surface area contributed by atoms with Crippen LogP contribution in [-0.2, 0) is 9.59 Å². The number of aliphatic hydroxyl groups is 1. The first-order valence-electron chi connectivity index (χ1n) is 6.68. The number of aliphatic hydroxyl groups excluding tert-OH is 1. The van der Waals surface area contributed by atoms with Gasteiger partial charge in [-0.05, 0) is 24.3 Å². The Hall–Kier alpha value is -2.19. The summed E-state index contributed by atoms with van der Waals surface area (Å²) < 4.78 is 0. The van der Waals surface area contributed by atoms with Crippen molar-refractivity contribution in [2.75, 3.05) is 0 Å². The molecule has 116 valence electrons. The maximum Gasteiger partial charge on any atom is 0.352 e. The monoisotopic (exact) mass is 322 g/mol. The summed E-state index contributed by atoms with van der Waals surface area (Å²) in [6.45, 7) is 1.51. The number of carboxylic acid groups (broad SMARTS) is 1. The fraction of sp³-hybridized carbons (Fsp3) is 0.357. The van der Waals surface area contributed by atoms with Gasteiger partial charge in [0.25, 0.3) is 0 Å². The normalized spacial score (nSPS) is 25.0. The maximum absolute atomic E-state index is 12.1. The molecule has 3 rings (SSSR count). The van der Waals surface area contributed by atoms with Crippen LogP contribution in [0.3, 0.4) is 0 Å². The molecule has 22 heavy (non-hydrogen) atoms. The van der Waals surface area contributed by atoms with Crippen molar-refractivity contribution in [1.82, 2.24) is 4.90 Å². The van der Waals surface area contributed by atoms with Gasteiger partial charge in [-0.1, -0.05) is 0 Å². The first-order valence-corrected chi connectivity index (χ1v) is 7.62. The van der Waals surface area contributed by atoms with Crippen molar-refractivity contribution < 1.29 is 24.6 Å². The minimum Gasteiger partial charge on any atom is -0.477 e. The Bertz CT molecular complexity index is 721. The first kappa shape index (κ1) is 14.7. The van der Waals surface area contributed by atoms with E-state index in [1.165, 1.54) is 23.2 Å². The number of hydrogen-bond acceptors (Lipinski definition) is 5. The molecular weight excluding hydrogens is 308 g/mol. The van der Waals surface area contributed by atoms with Crippen LogP contribution in [0.2, 0.25) is 0 Å². The summed E-state index contributed by atoms with van der Waals surface area (Å²) in [5, 5.41) is 22.4. The molecule has 1 saturated heterocycles. The molecule has 2 aliphatic heterocycles. The van der Waals surface area contributed by atoms with Crippen LogP contribution < -0.4 is 5.73 Å². The fourth-order valence-corrected chi connectivity index (χ4v) is 4.08. The van der Waals surface area contributed by atoms with Crippen molar-refractivity contribution >= 4 is 34.7 Å². The van der Waals surface area contributed by atoms with Crippen LogP contribution in [0.4, 0.5) is 0 Å². The second-order valence-corrected chi connectivity index (χ2v) is 6.19. The molecule has 2 amide bonds. The van der Waals surface area contributed by atoms with Gasteiger partial charge < -0.3 is 20.8 Å². The largest absolute Gasteiger partial charge is 0.477 e. The van der Waals surface area contributed by atoms with E-state index in [0.29, 0.717) is 17.6 Å². The topological polar surface area (TPSA) is 121 Å². The Labute approximate surface area is 129 Å². The lowest BCUT2D eigenvalue weighted by atomic mass is 9.82. The van der Waals surface area contributed by atoms with Gasteiger partial charge in [-0.3, -0.25) is 9.59 Å². The molecule has 3 heterocycles. The third-order valence-corrected chi connectivity index (χ3v) is 4.93. The maximum atomic E-state index is 12.1. The number of β-lactam (4-membered cyclic amide) rings is 1. The number of carbonyl (C=O) groups excluding carboxylic acids is 2. The van der Waals surface area contributed by atoms with Crippen molar-refractivity contribution in [3.05, 3.63) is 27.6 Å². The lowest BCUT2D eigenvalue weighted by molar-refractivity contribution is -0.161. The molecule has 0 bridgehead atoms. The highest BCUT2D eigenvalue weighted by molar-refractivity contribution is 7.08. The molecule has 1 fully saturated rings. The average molecular weight is 322 g/mol. The van der Waals surface area contributed by atoms with Crippen LogP contribution >= 0.6 is 11.3 Å². The minimum atomic E-state index is -1.23. The molecule has 1 aromatic heterocycles. The molecular formula is C14H14N2O5S. The van der Waals surface area contributed by atoms with E-state index in [1.54, 1.807) is 10.8 Å². The highest BCUT2D eigenvalue weighted by atomic mass is 32.1. The van der Waals surface area contributed by atoms with Crippen molar-refractivity contribution in [1.29, 1.82) is 0 Å². The smallest absolute Gasteiger partial charge is 0.352 e. The highest BCUT2D eigenvalue weighted by Gasteiger charge is 2.57. The van der Waals surface area contributed by atoms with E-state index in [2.05, 4.69) is 0 Å². The standard InChI is InChI=1S/C14H14N2O5S/c1-5(17)10-9-2-6(7-3-22-4-8(7)12(15)18)11(14(20)21)16(9)13(10)19/h3-5,9-10,17H,2H2,1H3,(H2,15,18)(H,20,21)/t5-,9?,10?/m1/s1. The van der Waals surface area contributed by atoms with Crippen LogP contribution in [0, 0.1) is 5.92 Å². The molecule has 2 aliphatic rings. The summed E-state index contributed by atoms with van der Waals surface area (Å²) >= 11 is 1.25. The molecule has 0 spiro atoms. The SMILES string of the molecule is C[C@@H](O)C1C(=O)N2C(C(=O)O)=C(c3cscc3C(N)=O)CC12. The molecule has 4 N–H and O–H groups in total. The average Bonchev–Trinajstić information content (AvgIpc) is 2.99. The van der Waals surface area contributed by atoms with Gasteiger partial charge in [0.05, 0.1) is 23.6 Å². The van der Waals surface area contributed by atoms with Crippen LogP contribution in [0.15, 0.2) is 16.5 Å². The summed E-state index contributed by atoms with van der Waals surface area (Å²) in [5.41, 5.74) is 6.33. The quantitative estimate of drug-likeness (QED) is 0.686. The Morgan fingerprint density at radius 2 is 2.14 bits per heavy atom. The highest BCUT2D eigenvalue weighted by Crippen LogP contribution is 2.47. The van der Waals surface area contributed by atoms with E-state index in [4.69, 9.17) is 5.73 Å². The number of amides is 2. The van der Waals surface area contributed by atoms with Crippen LogP contribution in [0.25, 0.3) is 5.57 Å². The Kier molecular flexibility index (Phi) is 3.30. The summed E-state index contributed by atoms with van der Waals surface area (Å²) in [4.78, 5) is 36.4. The fourth-order valence-electron chi connectivity index (χ4n) is 3.23. The number of rotatable bonds is 4. The Morgan fingerprint density at radius 1 is 1.45 bits per heavy atom. The van der Waals surface area contributed by atoms with Gasteiger partial charge in [0, 0.05) is 10.9 Å². The molecule has 0 radical (unpaired) electrons. The van der Waals surface area contributed by atoms with Gasteiger partial charge in [-0.15, -0.1) is 0 Å². The first-order chi connectivity index (χ1) is 10.3. The van der Waals surface area contributed by atoms with Gasteiger partial charge in [0.1, 0.15) is 5.70 Å². The predicted molar refractivity (Wildman–Crippen MR) is 77.8 cm³/mol. The lowest BCUT2D eigenvalue weighted by Crippen LogP contribution is -2.61. The predicted octanol–water partition coefficient (Wildman–Crippen LogP) is 0.254. The van der Waals surface area contributed by atoms with Crippen molar-refractivity contribution in [3.8, 4) is 0 Å². The lowest BCUT2D eigenvalue weighted by Gasteiger charge is -2.44. The van der Waals surface area contributed by atoms with Crippen LogP contribution in [0.1, 0.15) is 29.3 Å². The van der Waals surface area contributed by atoms with E-state index < -0.39 is 29.8 Å². The molecule has 0 saturated carbocycles. The van der Waals surface area contributed by atoms with Gasteiger partial charge in [0.15, 0.2) is 0 Å². The van der Waals surface area contributed by atoms with E-state index in [0.717, 1.165) is 0 Å². The number of aliphatic carboxylic acids is 1. The minimum absolute atomic E-state index is 0.118. The molecule has 2 unspecified atom stereocenters. The number of carboxylic acids is 1. The van der Waals surface area contributed by atoms with Crippen molar-refractivity contribution in [3.63, 3.8) is 0 Å². The molecule has 3 atom stereocenters. The summed E-state index contributed by atoms with van der Waals surface area (Å²) in [6.07, 6.45) is -0.554. The summed E-state index contributed by atoms with van der Waals surface area (Å²) in [5.74, 6) is -2.87. The van der Waals surface area contributed by atoms with Gasteiger partial charge >= 0.3 is 5.97 Å². The second-order valence-electron chi connectivity index (χ2n) is 5.44. The van der Waals surface area contributed by atoms with Crippen molar-refractivity contribution in [2.45, 2.75) is 25.5 Å². The number of primary amides is 1. The van der Waals surface area contributed by atoms with Crippen LogP contribution in [0.5, 0.6) is 0 Å². The van der Waals surface area contributed by atoms with Gasteiger partial charge in [0.2, 0.25) is 11.8 Å². The third-order valence-electron chi connectivity index (χ3n) is 4.18. The van der Waals surface area contributed by atoms with E-state index in [-0.39, 0.29) is 17.3 Å². The molecule has 0 aromatic carbocycles. The molecule has 1 aromatic rings. The number of hydrogen-bond donors (Lipinski definition) is 3. The Morgan fingerprint density at radius 3 is 2.68 bits per heavy atom. The Balaban J connectivity index is 2.08. The van der Waals surface area contributed by atoms with E-state index >= 15 is 0 Å². The van der Waals surface area contributed by atoms with E-state index in [9.17, 15) is 24.6 Å². The molecule has 7 nitrogen and oxygen atoms in total. The number of nitrogens with zero attached hydrogens (tertiary/aromatic N) is 1. The van der Waals surface area contributed by atoms with Gasteiger partial charge in [-0.2, -0.15) is 11.3 Å². The van der Waals surface area contributed by atoms with E-state index in [1.807, 2.05) is 0 Å². The molecule has 8 heteroatoms. The number of thiophene rings is 1. The summed E-state index contributed by atoms with van der Waals surface area (Å²) in [6, 6.07) is -0.380. The number of carbonyl (C=O) groups is 3. The van der Waals surface area contributed by atoms with Crippen LogP contribution in [-0.4, -0.2) is 45.0 Å². The van der Waals surface area contributed by atoms with Crippen molar-refractivity contribution in [2.24, 2.45) is 11.7 Å². The van der Waals surface area contributed by atoms with Gasteiger partial charge in [-0.25, -0.2) is 4.79 Å². The zero-order valence-corrected chi connectivity index (χ0v) is 12.5.